The summed E-state index contributed by atoms with van der Waals surface area (Å²) in [6, 6.07) is 9.77. The van der Waals surface area contributed by atoms with Crippen LogP contribution < -0.4 is 16.4 Å². The maximum absolute atomic E-state index is 12.4. The maximum Gasteiger partial charge on any atom is 0.320 e. The first-order valence-electron chi connectivity index (χ1n) is 8.16. The predicted molar refractivity (Wildman–Crippen MR) is 98.0 cm³/mol. The number of carbonyl (C=O) groups is 1. The number of benzene rings is 1. The lowest BCUT2D eigenvalue weighted by Crippen LogP contribution is -2.40. The number of carbonyl (C=O) groups excluding carboxylic acids is 1. The molecule has 0 radical (unpaired) electrons. The number of urea groups is 1. The highest BCUT2D eigenvalue weighted by Crippen LogP contribution is 2.45. The summed E-state index contributed by atoms with van der Waals surface area (Å²) in [5.41, 5.74) is 6.38. The number of pyridine rings is 1. The molecule has 3 rings (SSSR count). The molecule has 0 aliphatic heterocycles. The van der Waals surface area contributed by atoms with Crippen LogP contribution in [0, 0.1) is 5.41 Å². The quantitative estimate of drug-likeness (QED) is 0.413. The van der Waals surface area contributed by atoms with Crippen molar-refractivity contribution in [3.05, 3.63) is 53.7 Å². The third kappa shape index (κ3) is 3.75. The number of rotatable bonds is 5. The van der Waals surface area contributed by atoms with E-state index in [9.17, 15) is 9.90 Å². The number of methoxy groups -OCH3 is 1. The minimum Gasteiger partial charge on any atom is -0.481 e. The molecule has 1 saturated carbocycles. The molecule has 1 aliphatic rings. The van der Waals surface area contributed by atoms with Crippen molar-refractivity contribution in [1.82, 2.24) is 10.3 Å². The molecular weight excluding hydrogens is 334 g/mol. The SMILES string of the molecule is COC(=N)c1cnc(NC(=O)N[C@@H](c2ccccc2)C2(O)CC2)cc1N. The van der Waals surface area contributed by atoms with Gasteiger partial charge in [-0.05, 0) is 18.4 Å². The van der Waals surface area contributed by atoms with Crippen molar-refractivity contribution < 1.29 is 14.6 Å². The summed E-state index contributed by atoms with van der Waals surface area (Å²) in [6.07, 6.45) is 2.62. The van der Waals surface area contributed by atoms with E-state index < -0.39 is 17.7 Å². The highest BCUT2D eigenvalue weighted by atomic mass is 16.5. The first-order chi connectivity index (χ1) is 12.4. The van der Waals surface area contributed by atoms with Crippen molar-refractivity contribution in [1.29, 1.82) is 5.41 Å². The summed E-state index contributed by atoms with van der Waals surface area (Å²) in [7, 11) is 1.37. The van der Waals surface area contributed by atoms with Crippen molar-refractivity contribution in [3.63, 3.8) is 0 Å². The Morgan fingerprint density at radius 3 is 2.65 bits per heavy atom. The van der Waals surface area contributed by atoms with Crippen LogP contribution in [-0.2, 0) is 4.74 Å². The van der Waals surface area contributed by atoms with Crippen LogP contribution in [0.3, 0.4) is 0 Å². The van der Waals surface area contributed by atoms with Gasteiger partial charge in [-0.15, -0.1) is 0 Å². The number of aliphatic hydroxyl groups is 1. The zero-order valence-corrected chi connectivity index (χ0v) is 14.3. The van der Waals surface area contributed by atoms with Crippen molar-refractivity contribution in [2.75, 3.05) is 18.2 Å². The van der Waals surface area contributed by atoms with Crippen LogP contribution in [0.2, 0.25) is 0 Å². The van der Waals surface area contributed by atoms with Gasteiger partial charge in [0, 0.05) is 18.0 Å². The number of nitrogens with zero attached hydrogens (tertiary/aromatic N) is 1. The monoisotopic (exact) mass is 355 g/mol. The van der Waals surface area contributed by atoms with E-state index in [4.69, 9.17) is 15.9 Å². The van der Waals surface area contributed by atoms with Crippen LogP contribution in [0.4, 0.5) is 16.3 Å². The average molecular weight is 355 g/mol. The zero-order chi connectivity index (χ0) is 18.7. The number of nitrogens with one attached hydrogen (secondary N) is 3. The molecule has 8 heteroatoms. The van der Waals surface area contributed by atoms with Gasteiger partial charge >= 0.3 is 6.03 Å². The maximum atomic E-state index is 12.4. The van der Waals surface area contributed by atoms with Crippen molar-refractivity contribution >= 4 is 23.4 Å². The van der Waals surface area contributed by atoms with Gasteiger partial charge < -0.3 is 20.9 Å². The Hall–Kier alpha value is -3.13. The van der Waals surface area contributed by atoms with Gasteiger partial charge in [0.2, 0.25) is 5.90 Å². The Labute approximate surface area is 150 Å². The zero-order valence-electron chi connectivity index (χ0n) is 14.3. The number of aromatic nitrogens is 1. The lowest BCUT2D eigenvalue weighted by molar-refractivity contribution is 0.106. The van der Waals surface area contributed by atoms with Gasteiger partial charge in [0.05, 0.1) is 24.3 Å². The molecule has 1 aliphatic carbocycles. The normalized spacial score (nSPS) is 15.6. The number of ether oxygens (including phenoxy) is 1. The predicted octanol–water partition coefficient (Wildman–Crippen LogP) is 2.02. The molecule has 0 spiro atoms. The Balaban J connectivity index is 1.71. The summed E-state index contributed by atoms with van der Waals surface area (Å²) in [5.74, 6) is 0.133. The largest absolute Gasteiger partial charge is 0.481 e. The van der Waals surface area contributed by atoms with Gasteiger partial charge in [-0.1, -0.05) is 30.3 Å². The Morgan fingerprint density at radius 1 is 1.38 bits per heavy atom. The molecule has 1 aromatic heterocycles. The van der Waals surface area contributed by atoms with E-state index >= 15 is 0 Å². The van der Waals surface area contributed by atoms with Crippen LogP contribution in [-0.4, -0.2) is 34.7 Å². The molecule has 0 bridgehead atoms. The van der Waals surface area contributed by atoms with Crippen LogP contribution in [0.5, 0.6) is 0 Å². The first kappa shape index (κ1) is 17.7. The van der Waals surface area contributed by atoms with Crippen LogP contribution >= 0.6 is 0 Å². The second kappa shape index (κ2) is 7.01. The minimum atomic E-state index is -0.928. The molecule has 1 heterocycles. The molecule has 2 amide bonds. The first-order valence-corrected chi connectivity index (χ1v) is 8.16. The summed E-state index contributed by atoms with van der Waals surface area (Å²) in [5, 5.41) is 23.5. The highest BCUT2D eigenvalue weighted by Gasteiger charge is 2.49. The number of amides is 2. The minimum absolute atomic E-state index is 0.105. The van der Waals surface area contributed by atoms with Crippen LogP contribution in [0.15, 0.2) is 42.6 Å². The standard InChI is InChI=1S/C18H21N5O3/c1-26-16(20)12-10-21-14(9-13(12)19)22-17(24)23-15(18(25)7-8-18)11-5-3-2-4-6-11/h2-6,9-10,15,20,25H,7-8H2,1H3,(H4,19,21,22,23,24)/t15-/m0/s1. The number of nitrogens with two attached hydrogens (primary N) is 1. The second-order valence-corrected chi connectivity index (χ2v) is 6.24. The lowest BCUT2D eigenvalue weighted by Gasteiger charge is -2.24. The van der Waals surface area contributed by atoms with Gasteiger partial charge in [0.25, 0.3) is 0 Å². The van der Waals surface area contributed by atoms with Gasteiger partial charge in [0.1, 0.15) is 5.82 Å². The number of hydrogen-bond acceptors (Lipinski definition) is 6. The molecule has 2 aromatic rings. The molecule has 0 unspecified atom stereocenters. The molecule has 1 aromatic carbocycles. The average Bonchev–Trinajstić information content (AvgIpc) is 3.38. The van der Waals surface area contributed by atoms with Crippen LogP contribution in [0.25, 0.3) is 0 Å². The molecule has 0 saturated heterocycles. The van der Waals surface area contributed by atoms with E-state index in [1.165, 1.54) is 19.4 Å². The number of anilines is 2. The molecule has 1 fully saturated rings. The van der Waals surface area contributed by atoms with Gasteiger partial charge in [-0.3, -0.25) is 10.7 Å². The van der Waals surface area contributed by atoms with E-state index in [-0.39, 0.29) is 17.4 Å². The topological polar surface area (TPSA) is 133 Å². The molecule has 6 N–H and O–H groups in total. The Bertz CT molecular complexity index is 821. The molecule has 26 heavy (non-hydrogen) atoms. The van der Waals surface area contributed by atoms with Gasteiger partial charge in [0.15, 0.2) is 0 Å². The fourth-order valence-electron chi connectivity index (χ4n) is 2.71. The molecular formula is C18H21N5O3. The summed E-state index contributed by atoms with van der Waals surface area (Å²) in [6.45, 7) is 0. The van der Waals surface area contributed by atoms with E-state index in [0.717, 1.165) is 5.56 Å². The van der Waals surface area contributed by atoms with Crippen molar-refractivity contribution in [3.8, 4) is 0 Å². The van der Waals surface area contributed by atoms with Crippen molar-refractivity contribution in [2.45, 2.75) is 24.5 Å². The highest BCUT2D eigenvalue weighted by molar-refractivity contribution is 5.97. The van der Waals surface area contributed by atoms with Gasteiger partial charge in [-0.25, -0.2) is 9.78 Å². The third-order valence-electron chi connectivity index (χ3n) is 4.33. The fourth-order valence-corrected chi connectivity index (χ4v) is 2.71. The second-order valence-electron chi connectivity index (χ2n) is 6.24. The van der Waals surface area contributed by atoms with E-state index in [2.05, 4.69) is 15.6 Å². The van der Waals surface area contributed by atoms with Gasteiger partial charge in [-0.2, -0.15) is 0 Å². The number of hydrogen-bond donors (Lipinski definition) is 5. The Kier molecular flexibility index (Phi) is 4.77. The van der Waals surface area contributed by atoms with E-state index in [1.54, 1.807) is 0 Å². The number of nitrogen functional groups attached to an aromatic ring is 1. The smallest absolute Gasteiger partial charge is 0.320 e. The third-order valence-corrected chi connectivity index (χ3v) is 4.33. The molecule has 1 atom stereocenters. The molecule has 8 nitrogen and oxygen atoms in total. The van der Waals surface area contributed by atoms with Crippen molar-refractivity contribution in [2.24, 2.45) is 0 Å². The summed E-state index contributed by atoms with van der Waals surface area (Å²) < 4.78 is 4.82. The van der Waals surface area contributed by atoms with E-state index in [1.807, 2.05) is 30.3 Å². The Morgan fingerprint density at radius 2 is 2.08 bits per heavy atom. The lowest BCUT2D eigenvalue weighted by atomic mass is 10.00. The summed E-state index contributed by atoms with van der Waals surface area (Å²) in [4.78, 5) is 16.4. The van der Waals surface area contributed by atoms with E-state index in [0.29, 0.717) is 18.4 Å². The van der Waals surface area contributed by atoms with Crippen LogP contribution in [0.1, 0.15) is 30.0 Å². The fraction of sp³-hybridized carbons (Fsp3) is 0.278. The molecule has 136 valence electrons. The summed E-state index contributed by atoms with van der Waals surface area (Å²) >= 11 is 0.